The summed E-state index contributed by atoms with van der Waals surface area (Å²) in [6.07, 6.45) is 5.95. The van der Waals surface area contributed by atoms with Crippen LogP contribution in [0.1, 0.15) is 10.4 Å². The third-order valence-electron chi connectivity index (χ3n) is 2.20. The molecule has 20 heavy (non-hydrogen) atoms. The number of primary amides is 1. The van der Waals surface area contributed by atoms with E-state index in [-0.39, 0.29) is 23.1 Å². The fraction of sp³-hybridized carbons (Fsp3) is 0. The number of nitrogens with one attached hydrogen (secondary N) is 1. The Labute approximate surface area is 130 Å². The number of hydrogen-bond donors (Lipinski definition) is 3. The summed E-state index contributed by atoms with van der Waals surface area (Å²) in [7, 11) is 0. The molecule has 3 rings (SSSR count). The molecular formula is C11H11MgN7O+2. The number of amides is 1. The summed E-state index contributed by atoms with van der Waals surface area (Å²) in [5, 5.41) is 0. The first-order valence-electron chi connectivity index (χ1n) is 5.28. The van der Waals surface area contributed by atoms with Crippen LogP contribution in [-0.4, -0.2) is 53.9 Å². The monoisotopic (exact) mass is 281 g/mol. The molecule has 3 aromatic rings. The van der Waals surface area contributed by atoms with Gasteiger partial charge in [-0.1, -0.05) is 0 Å². The standard InChI is InChI=1S/C6H6N2O.C5H5N5.Mg/c7-6(9)5-2-1-3-8-4-5;6-4-3-5(9-1-7-3)10-2-8-4;/h1-4H,(H2,7,9);1-2H,(H3,6,7,8,9,10);/q;;+2. The molecule has 0 fully saturated rings. The number of nitrogens with two attached hydrogens (primary N) is 2. The van der Waals surface area contributed by atoms with E-state index in [4.69, 9.17) is 11.5 Å². The quantitative estimate of drug-likeness (QED) is 0.525. The van der Waals surface area contributed by atoms with Gasteiger partial charge in [0.2, 0.25) is 5.91 Å². The fourth-order valence-electron chi connectivity index (χ4n) is 1.29. The average Bonchev–Trinajstić information content (AvgIpc) is 2.90. The zero-order valence-corrected chi connectivity index (χ0v) is 11.9. The minimum absolute atomic E-state index is 0. The van der Waals surface area contributed by atoms with E-state index < -0.39 is 5.91 Å². The van der Waals surface area contributed by atoms with Crippen molar-refractivity contribution in [3.8, 4) is 0 Å². The molecule has 9 heteroatoms. The predicted octanol–water partition coefficient (Wildman–Crippen LogP) is -0.265. The predicted molar refractivity (Wildman–Crippen MR) is 74.6 cm³/mol. The Hall–Kier alpha value is -2.26. The maximum atomic E-state index is 10.4. The molecule has 0 aliphatic rings. The third kappa shape index (κ3) is 3.86. The van der Waals surface area contributed by atoms with Gasteiger partial charge < -0.3 is 16.5 Å². The minimum atomic E-state index is -0.442. The first-order chi connectivity index (χ1) is 9.18. The Kier molecular flexibility index (Phi) is 5.81. The first-order valence-corrected chi connectivity index (χ1v) is 5.28. The number of hydrogen-bond acceptors (Lipinski definition) is 6. The van der Waals surface area contributed by atoms with E-state index >= 15 is 0 Å². The third-order valence-corrected chi connectivity index (χ3v) is 2.20. The van der Waals surface area contributed by atoms with Crippen LogP contribution in [0.4, 0.5) is 5.82 Å². The largest absolute Gasteiger partial charge is 2.00 e. The molecule has 0 saturated heterocycles. The number of carbonyl (C=O) groups excluding carboxylic acids is 1. The van der Waals surface area contributed by atoms with Crippen LogP contribution < -0.4 is 11.5 Å². The van der Waals surface area contributed by atoms with E-state index in [2.05, 4.69) is 24.9 Å². The number of nitrogens with zero attached hydrogens (tertiary/aromatic N) is 4. The maximum absolute atomic E-state index is 10.4. The van der Waals surface area contributed by atoms with Crippen molar-refractivity contribution in [1.82, 2.24) is 24.9 Å². The van der Waals surface area contributed by atoms with Gasteiger partial charge in [0.25, 0.3) is 0 Å². The Morgan fingerprint density at radius 2 is 2.05 bits per heavy atom. The molecule has 0 saturated carbocycles. The van der Waals surface area contributed by atoms with Gasteiger partial charge in [0.15, 0.2) is 11.5 Å². The molecule has 0 aliphatic heterocycles. The first kappa shape index (κ1) is 15.8. The maximum Gasteiger partial charge on any atom is 2.00 e. The van der Waals surface area contributed by atoms with Crippen molar-refractivity contribution < 1.29 is 4.79 Å². The van der Waals surface area contributed by atoms with Crippen molar-refractivity contribution in [2.45, 2.75) is 0 Å². The Morgan fingerprint density at radius 3 is 2.60 bits per heavy atom. The Morgan fingerprint density at radius 1 is 1.25 bits per heavy atom. The number of aromatic amines is 1. The summed E-state index contributed by atoms with van der Waals surface area (Å²) in [5.41, 5.74) is 12.2. The van der Waals surface area contributed by atoms with Crippen LogP contribution >= 0.6 is 0 Å². The summed E-state index contributed by atoms with van der Waals surface area (Å²) in [6.45, 7) is 0. The van der Waals surface area contributed by atoms with E-state index in [1.807, 2.05) is 0 Å². The molecule has 0 radical (unpaired) electrons. The van der Waals surface area contributed by atoms with E-state index in [9.17, 15) is 4.79 Å². The van der Waals surface area contributed by atoms with Crippen LogP contribution in [0.15, 0.2) is 37.2 Å². The Balaban J connectivity index is 0.000000192. The summed E-state index contributed by atoms with van der Waals surface area (Å²) in [6, 6.07) is 3.29. The van der Waals surface area contributed by atoms with Crippen LogP contribution in [0.5, 0.6) is 0 Å². The topological polar surface area (TPSA) is 136 Å². The number of pyridine rings is 1. The minimum Gasteiger partial charge on any atom is -0.382 e. The number of carbonyl (C=O) groups is 1. The van der Waals surface area contributed by atoms with Gasteiger partial charge in [-0.05, 0) is 12.1 Å². The second-order valence-corrected chi connectivity index (χ2v) is 3.47. The normalized spacial score (nSPS) is 9.20. The van der Waals surface area contributed by atoms with Crippen LogP contribution in [0.3, 0.4) is 0 Å². The van der Waals surface area contributed by atoms with Gasteiger partial charge in [0, 0.05) is 12.4 Å². The second-order valence-electron chi connectivity index (χ2n) is 3.47. The van der Waals surface area contributed by atoms with Crippen LogP contribution in [0.25, 0.3) is 11.2 Å². The smallest absolute Gasteiger partial charge is 0.382 e. The van der Waals surface area contributed by atoms with Crippen molar-refractivity contribution in [3.05, 3.63) is 42.7 Å². The van der Waals surface area contributed by atoms with Gasteiger partial charge in [0.1, 0.15) is 11.8 Å². The number of H-pyrrole nitrogens is 1. The van der Waals surface area contributed by atoms with Gasteiger partial charge in [-0.15, -0.1) is 0 Å². The van der Waals surface area contributed by atoms with Crippen LogP contribution in [0.2, 0.25) is 0 Å². The van der Waals surface area contributed by atoms with Crippen molar-refractivity contribution in [3.63, 3.8) is 0 Å². The summed E-state index contributed by atoms with van der Waals surface area (Å²) in [4.78, 5) is 28.5. The fourth-order valence-corrected chi connectivity index (χ4v) is 1.29. The van der Waals surface area contributed by atoms with E-state index in [1.54, 1.807) is 18.3 Å². The Bertz CT molecular complexity index is 685. The van der Waals surface area contributed by atoms with Gasteiger partial charge in [0.05, 0.1) is 11.9 Å². The van der Waals surface area contributed by atoms with Gasteiger partial charge >= 0.3 is 23.1 Å². The van der Waals surface area contributed by atoms with Gasteiger partial charge in [-0.3, -0.25) is 9.78 Å². The number of imidazole rings is 1. The number of anilines is 1. The SMILES string of the molecule is NC(=O)c1cccnc1.Nc1ncnc2nc[nH]c12.[Mg+2]. The molecule has 0 spiro atoms. The molecule has 1 amide bonds. The van der Waals surface area contributed by atoms with Gasteiger partial charge in [-0.2, -0.15) is 0 Å². The molecule has 96 valence electrons. The average molecular weight is 282 g/mol. The molecule has 0 aliphatic carbocycles. The van der Waals surface area contributed by atoms with Crippen molar-refractivity contribution in [2.24, 2.45) is 5.73 Å². The number of rotatable bonds is 1. The van der Waals surface area contributed by atoms with E-state index in [1.165, 1.54) is 18.9 Å². The molecule has 0 unspecified atom stereocenters. The molecule has 0 atom stereocenters. The van der Waals surface area contributed by atoms with Crippen LogP contribution in [0, 0.1) is 0 Å². The summed E-state index contributed by atoms with van der Waals surface area (Å²) >= 11 is 0. The van der Waals surface area contributed by atoms with Gasteiger partial charge in [-0.25, -0.2) is 15.0 Å². The zero-order valence-electron chi connectivity index (χ0n) is 10.5. The molecule has 8 nitrogen and oxygen atoms in total. The molecule has 0 aromatic carbocycles. The van der Waals surface area contributed by atoms with E-state index in [0.29, 0.717) is 22.5 Å². The van der Waals surface area contributed by atoms with E-state index in [0.717, 1.165) is 0 Å². The number of aromatic nitrogens is 5. The molecule has 3 heterocycles. The van der Waals surface area contributed by atoms with Crippen molar-refractivity contribution in [1.29, 1.82) is 0 Å². The molecule has 0 bridgehead atoms. The molecule has 5 N–H and O–H groups in total. The number of fused-ring (bicyclic) bond motifs is 1. The molecule has 3 aromatic heterocycles. The zero-order chi connectivity index (χ0) is 13.7. The van der Waals surface area contributed by atoms with Crippen molar-refractivity contribution in [2.75, 3.05) is 5.73 Å². The van der Waals surface area contributed by atoms with Crippen LogP contribution in [-0.2, 0) is 0 Å². The second kappa shape index (κ2) is 7.36. The molecular weight excluding hydrogens is 270 g/mol. The summed E-state index contributed by atoms with van der Waals surface area (Å²) in [5.74, 6) is -0.00870. The van der Waals surface area contributed by atoms with Crippen molar-refractivity contribution >= 4 is 45.9 Å². The number of nitrogen functional groups attached to an aromatic ring is 1. The summed E-state index contributed by atoms with van der Waals surface area (Å²) < 4.78 is 0.